The third-order valence-corrected chi connectivity index (χ3v) is 4.98. The van der Waals surface area contributed by atoms with Crippen molar-refractivity contribution in [2.45, 2.75) is 43.5 Å². The van der Waals surface area contributed by atoms with E-state index in [1.807, 2.05) is 0 Å². The number of hydrogen-bond donors (Lipinski definition) is 1. The lowest BCUT2D eigenvalue weighted by Crippen LogP contribution is -2.13. The highest BCUT2D eigenvalue weighted by atomic mass is 35.5. The van der Waals surface area contributed by atoms with Crippen LogP contribution in [-0.2, 0) is 6.54 Å². The van der Waals surface area contributed by atoms with Crippen LogP contribution in [0.25, 0.3) is 0 Å². The fourth-order valence-electron chi connectivity index (χ4n) is 2.18. The Morgan fingerprint density at radius 1 is 1.05 bits per heavy atom. The van der Waals surface area contributed by atoms with Crippen molar-refractivity contribution >= 4 is 23.4 Å². The van der Waals surface area contributed by atoms with E-state index in [0.29, 0.717) is 0 Å². The van der Waals surface area contributed by atoms with Crippen molar-refractivity contribution in [3.63, 3.8) is 0 Å². The van der Waals surface area contributed by atoms with Crippen LogP contribution < -0.4 is 5.32 Å². The van der Waals surface area contributed by atoms with Crippen molar-refractivity contribution in [3.8, 4) is 0 Å². The molecule has 2 aromatic carbocycles. The summed E-state index contributed by atoms with van der Waals surface area (Å²) >= 11 is 8.16. The van der Waals surface area contributed by atoms with E-state index in [1.165, 1.54) is 21.6 Å². The van der Waals surface area contributed by atoms with Crippen molar-refractivity contribution in [1.29, 1.82) is 0 Å². The van der Waals surface area contributed by atoms with Crippen molar-refractivity contribution < 1.29 is 0 Å². The van der Waals surface area contributed by atoms with E-state index in [-0.39, 0.29) is 0 Å². The first-order chi connectivity index (χ1) is 10.1. The van der Waals surface area contributed by atoms with Gasteiger partial charge >= 0.3 is 0 Å². The number of aryl methyl sites for hydroxylation is 2. The Balaban J connectivity index is 2.10. The van der Waals surface area contributed by atoms with Crippen LogP contribution in [0.15, 0.2) is 46.2 Å². The molecule has 0 aliphatic carbocycles. The summed E-state index contributed by atoms with van der Waals surface area (Å²) in [4.78, 5) is 2.38. The SMILES string of the molecule is CCCNCc1ccc(Sc2ccc(C)cc2C)c(Cl)c1. The Morgan fingerprint density at radius 2 is 1.81 bits per heavy atom. The predicted octanol–water partition coefficient (Wildman–Crippen LogP) is 5.61. The van der Waals surface area contributed by atoms with Gasteiger partial charge < -0.3 is 5.32 Å². The normalized spacial score (nSPS) is 10.9. The maximum absolute atomic E-state index is 6.43. The number of halogens is 1. The van der Waals surface area contributed by atoms with Crippen LogP contribution >= 0.6 is 23.4 Å². The summed E-state index contributed by atoms with van der Waals surface area (Å²) in [6.07, 6.45) is 1.15. The molecule has 0 aliphatic rings. The van der Waals surface area contributed by atoms with Gasteiger partial charge in [0.2, 0.25) is 0 Å². The largest absolute Gasteiger partial charge is 0.313 e. The molecule has 1 N–H and O–H groups in total. The number of nitrogens with one attached hydrogen (secondary N) is 1. The molecule has 0 amide bonds. The molecule has 0 fully saturated rings. The molecule has 0 spiro atoms. The first-order valence-electron chi connectivity index (χ1n) is 7.34. The predicted molar refractivity (Wildman–Crippen MR) is 93.5 cm³/mol. The zero-order valence-electron chi connectivity index (χ0n) is 12.9. The van der Waals surface area contributed by atoms with Crippen LogP contribution in [0.2, 0.25) is 5.02 Å². The second-order valence-electron chi connectivity index (χ2n) is 5.31. The number of hydrogen-bond acceptors (Lipinski definition) is 2. The summed E-state index contributed by atoms with van der Waals surface area (Å²) in [5, 5.41) is 4.23. The summed E-state index contributed by atoms with van der Waals surface area (Å²) in [7, 11) is 0. The first-order valence-corrected chi connectivity index (χ1v) is 8.54. The fourth-order valence-corrected chi connectivity index (χ4v) is 3.38. The van der Waals surface area contributed by atoms with Crippen LogP contribution in [0.1, 0.15) is 30.0 Å². The Hall–Kier alpha value is -0.960. The number of rotatable bonds is 6. The topological polar surface area (TPSA) is 12.0 Å². The Morgan fingerprint density at radius 3 is 2.48 bits per heavy atom. The van der Waals surface area contributed by atoms with Gasteiger partial charge in [-0.3, -0.25) is 0 Å². The molecule has 3 heteroatoms. The van der Waals surface area contributed by atoms with E-state index in [0.717, 1.165) is 29.4 Å². The molecule has 112 valence electrons. The van der Waals surface area contributed by atoms with Gasteiger partial charge in [0.1, 0.15) is 0 Å². The van der Waals surface area contributed by atoms with E-state index in [1.54, 1.807) is 11.8 Å². The van der Waals surface area contributed by atoms with E-state index in [9.17, 15) is 0 Å². The minimum absolute atomic E-state index is 0.829. The second-order valence-corrected chi connectivity index (χ2v) is 6.80. The van der Waals surface area contributed by atoms with Crippen molar-refractivity contribution in [2.75, 3.05) is 6.54 Å². The maximum Gasteiger partial charge on any atom is 0.0548 e. The van der Waals surface area contributed by atoms with Gasteiger partial charge in [-0.05, 0) is 56.1 Å². The molecule has 0 saturated carbocycles. The summed E-state index contributed by atoms with van der Waals surface area (Å²) in [6, 6.07) is 12.9. The molecule has 0 bridgehead atoms. The molecular weight excluding hydrogens is 298 g/mol. The lowest BCUT2D eigenvalue weighted by atomic mass is 10.2. The zero-order chi connectivity index (χ0) is 15.2. The van der Waals surface area contributed by atoms with E-state index >= 15 is 0 Å². The molecule has 0 aliphatic heterocycles. The molecular formula is C18H22ClNS. The Bertz CT molecular complexity index is 610. The lowest BCUT2D eigenvalue weighted by molar-refractivity contribution is 0.675. The molecule has 2 aromatic rings. The molecule has 2 rings (SSSR count). The van der Waals surface area contributed by atoms with Crippen LogP contribution in [0.5, 0.6) is 0 Å². The Kier molecular flexibility index (Phi) is 6.16. The third-order valence-electron chi connectivity index (χ3n) is 3.30. The monoisotopic (exact) mass is 319 g/mol. The minimum Gasteiger partial charge on any atom is -0.313 e. The van der Waals surface area contributed by atoms with E-state index in [4.69, 9.17) is 11.6 Å². The molecule has 1 nitrogen and oxygen atoms in total. The second kappa shape index (κ2) is 7.88. The molecule has 21 heavy (non-hydrogen) atoms. The average Bonchev–Trinajstić information content (AvgIpc) is 2.44. The maximum atomic E-state index is 6.43. The quantitative estimate of drug-likeness (QED) is 0.695. The summed E-state index contributed by atoms with van der Waals surface area (Å²) in [6.45, 7) is 8.35. The molecule has 0 saturated heterocycles. The molecule has 0 aromatic heterocycles. The molecule has 0 radical (unpaired) electrons. The van der Waals surface area contributed by atoms with E-state index < -0.39 is 0 Å². The summed E-state index contributed by atoms with van der Waals surface area (Å²) < 4.78 is 0. The van der Waals surface area contributed by atoms with E-state index in [2.05, 4.69) is 62.5 Å². The van der Waals surface area contributed by atoms with Crippen LogP contribution in [0.3, 0.4) is 0 Å². The molecule has 0 unspecified atom stereocenters. The summed E-state index contributed by atoms with van der Waals surface area (Å²) in [5.74, 6) is 0. The molecule has 0 atom stereocenters. The zero-order valence-corrected chi connectivity index (χ0v) is 14.4. The van der Waals surface area contributed by atoms with Gasteiger partial charge in [0, 0.05) is 16.3 Å². The van der Waals surface area contributed by atoms with Crippen molar-refractivity contribution in [1.82, 2.24) is 5.32 Å². The minimum atomic E-state index is 0.829. The highest BCUT2D eigenvalue weighted by molar-refractivity contribution is 7.99. The van der Waals surface area contributed by atoms with Gasteiger partial charge in [-0.25, -0.2) is 0 Å². The summed E-state index contributed by atoms with van der Waals surface area (Å²) in [5.41, 5.74) is 3.82. The Labute approximate surface area is 137 Å². The van der Waals surface area contributed by atoms with Gasteiger partial charge in [-0.15, -0.1) is 0 Å². The van der Waals surface area contributed by atoms with Crippen LogP contribution in [0.4, 0.5) is 0 Å². The van der Waals surface area contributed by atoms with Crippen molar-refractivity contribution in [2.24, 2.45) is 0 Å². The number of benzene rings is 2. The van der Waals surface area contributed by atoms with Gasteiger partial charge in [0.15, 0.2) is 0 Å². The van der Waals surface area contributed by atoms with Crippen molar-refractivity contribution in [3.05, 3.63) is 58.1 Å². The van der Waals surface area contributed by atoms with Gasteiger partial charge in [0.05, 0.1) is 5.02 Å². The van der Waals surface area contributed by atoms with Crippen LogP contribution in [-0.4, -0.2) is 6.54 Å². The van der Waals surface area contributed by atoms with Gasteiger partial charge in [-0.2, -0.15) is 0 Å². The van der Waals surface area contributed by atoms with Crippen LogP contribution in [0, 0.1) is 13.8 Å². The first kappa shape index (κ1) is 16.4. The third kappa shape index (κ3) is 4.77. The van der Waals surface area contributed by atoms with Gasteiger partial charge in [-0.1, -0.05) is 54.0 Å². The smallest absolute Gasteiger partial charge is 0.0548 e. The lowest BCUT2D eigenvalue weighted by Gasteiger charge is -2.10. The standard InChI is InChI=1S/C18H22ClNS/c1-4-9-20-12-15-6-8-18(16(19)11-15)21-17-7-5-13(2)10-14(17)3/h5-8,10-11,20H,4,9,12H2,1-3H3. The molecule has 0 heterocycles. The van der Waals surface area contributed by atoms with Gasteiger partial charge in [0.25, 0.3) is 0 Å². The highest BCUT2D eigenvalue weighted by Crippen LogP contribution is 2.35. The fraction of sp³-hybridized carbons (Fsp3) is 0.333. The highest BCUT2D eigenvalue weighted by Gasteiger charge is 2.06. The average molecular weight is 320 g/mol.